The van der Waals surface area contributed by atoms with Gasteiger partial charge in [0.1, 0.15) is 4.32 Å². The lowest BCUT2D eigenvalue weighted by atomic mass is 10.0. The molecule has 156 valence electrons. The SMILES string of the molecule is COc1ccc(CCN2C(=O)C(=CN3CCc4ccccc4C3)SC2=S)cc1OC. The molecule has 30 heavy (non-hydrogen) atoms. The zero-order valence-corrected chi connectivity index (χ0v) is 18.7. The lowest BCUT2D eigenvalue weighted by Crippen LogP contribution is -2.31. The summed E-state index contributed by atoms with van der Waals surface area (Å²) in [5.74, 6) is 1.37. The van der Waals surface area contributed by atoms with Crippen LogP contribution in [0.15, 0.2) is 53.6 Å². The molecule has 2 aliphatic rings. The summed E-state index contributed by atoms with van der Waals surface area (Å²) in [4.78, 5) is 17.6. The quantitative estimate of drug-likeness (QED) is 0.500. The maximum Gasteiger partial charge on any atom is 0.267 e. The molecule has 2 aliphatic heterocycles. The van der Waals surface area contributed by atoms with Gasteiger partial charge in [-0.3, -0.25) is 9.69 Å². The number of hydrogen-bond donors (Lipinski definition) is 0. The third-order valence-corrected chi connectivity index (χ3v) is 6.77. The van der Waals surface area contributed by atoms with E-state index >= 15 is 0 Å². The number of thiocarbonyl (C=S) groups is 1. The average molecular weight is 441 g/mol. The number of benzene rings is 2. The average Bonchev–Trinajstić information content (AvgIpc) is 3.04. The molecule has 0 atom stereocenters. The second-order valence-electron chi connectivity index (χ2n) is 7.25. The smallest absolute Gasteiger partial charge is 0.267 e. The Bertz CT molecular complexity index is 1010. The van der Waals surface area contributed by atoms with Crippen molar-refractivity contribution >= 4 is 34.2 Å². The molecule has 1 fully saturated rings. The van der Waals surface area contributed by atoms with Crippen LogP contribution >= 0.6 is 24.0 Å². The Balaban J connectivity index is 1.41. The van der Waals surface area contributed by atoms with Gasteiger partial charge in [0.05, 0.1) is 19.1 Å². The van der Waals surface area contributed by atoms with Gasteiger partial charge >= 0.3 is 0 Å². The molecular formula is C23H24N2O3S2. The van der Waals surface area contributed by atoms with Crippen molar-refractivity contribution in [1.29, 1.82) is 0 Å². The lowest BCUT2D eigenvalue weighted by molar-refractivity contribution is -0.122. The van der Waals surface area contributed by atoms with Crippen LogP contribution in [0.2, 0.25) is 0 Å². The van der Waals surface area contributed by atoms with Gasteiger partial charge in [0.15, 0.2) is 11.5 Å². The van der Waals surface area contributed by atoms with Crippen LogP contribution in [0.5, 0.6) is 11.5 Å². The Morgan fingerprint density at radius 2 is 1.87 bits per heavy atom. The van der Waals surface area contributed by atoms with Crippen molar-refractivity contribution < 1.29 is 14.3 Å². The van der Waals surface area contributed by atoms with Crippen LogP contribution < -0.4 is 9.47 Å². The minimum atomic E-state index is -0.00987. The molecule has 0 radical (unpaired) electrons. The Kier molecular flexibility index (Phi) is 6.29. The van der Waals surface area contributed by atoms with Gasteiger partial charge in [-0.25, -0.2) is 0 Å². The molecule has 0 N–H and O–H groups in total. The van der Waals surface area contributed by atoms with E-state index in [4.69, 9.17) is 21.7 Å². The van der Waals surface area contributed by atoms with Gasteiger partial charge in [-0.1, -0.05) is 54.3 Å². The zero-order chi connectivity index (χ0) is 21.1. The fourth-order valence-corrected chi connectivity index (χ4v) is 5.07. The summed E-state index contributed by atoms with van der Waals surface area (Å²) in [5, 5.41) is 0. The Morgan fingerprint density at radius 1 is 1.10 bits per heavy atom. The minimum Gasteiger partial charge on any atom is -0.493 e. The van der Waals surface area contributed by atoms with Crippen molar-refractivity contribution in [1.82, 2.24) is 9.80 Å². The maximum absolute atomic E-state index is 13.0. The van der Waals surface area contributed by atoms with E-state index in [-0.39, 0.29) is 5.91 Å². The van der Waals surface area contributed by atoms with Gasteiger partial charge in [0.25, 0.3) is 5.91 Å². The first kappa shape index (κ1) is 20.8. The molecule has 0 bridgehead atoms. The molecule has 0 unspecified atom stereocenters. The number of hydrogen-bond acceptors (Lipinski definition) is 6. The number of nitrogens with zero attached hydrogens (tertiary/aromatic N) is 2. The Hall–Kier alpha value is -2.51. The van der Waals surface area contributed by atoms with Gasteiger partial charge in [-0.05, 0) is 41.7 Å². The zero-order valence-electron chi connectivity index (χ0n) is 17.1. The normalized spacial score (nSPS) is 17.5. The maximum atomic E-state index is 13.0. The predicted molar refractivity (Wildman–Crippen MR) is 124 cm³/mol. The largest absolute Gasteiger partial charge is 0.493 e. The van der Waals surface area contributed by atoms with E-state index in [9.17, 15) is 4.79 Å². The van der Waals surface area contributed by atoms with E-state index in [2.05, 4.69) is 29.2 Å². The van der Waals surface area contributed by atoms with E-state index < -0.39 is 0 Å². The summed E-state index contributed by atoms with van der Waals surface area (Å²) < 4.78 is 11.3. The molecule has 1 saturated heterocycles. The highest BCUT2D eigenvalue weighted by molar-refractivity contribution is 8.26. The molecular weight excluding hydrogens is 416 g/mol. The molecule has 7 heteroatoms. The van der Waals surface area contributed by atoms with Crippen LogP contribution in [0.3, 0.4) is 0 Å². The third-order valence-electron chi connectivity index (χ3n) is 5.41. The highest BCUT2D eigenvalue weighted by Gasteiger charge is 2.32. The molecule has 0 aromatic heterocycles. The molecule has 0 aliphatic carbocycles. The minimum absolute atomic E-state index is 0.00987. The van der Waals surface area contributed by atoms with Crippen molar-refractivity contribution in [2.75, 3.05) is 27.3 Å². The van der Waals surface area contributed by atoms with Crippen LogP contribution in [0.4, 0.5) is 0 Å². The third kappa shape index (κ3) is 4.32. The molecule has 0 spiro atoms. The number of carbonyl (C=O) groups is 1. The Morgan fingerprint density at radius 3 is 2.63 bits per heavy atom. The molecule has 4 rings (SSSR count). The van der Waals surface area contributed by atoms with Gasteiger partial charge in [-0.2, -0.15) is 0 Å². The van der Waals surface area contributed by atoms with E-state index in [1.807, 2.05) is 24.4 Å². The molecule has 2 aromatic carbocycles. The highest BCUT2D eigenvalue weighted by Crippen LogP contribution is 2.33. The van der Waals surface area contributed by atoms with E-state index in [0.29, 0.717) is 33.7 Å². The summed E-state index contributed by atoms with van der Waals surface area (Å²) >= 11 is 6.88. The number of thioether (sulfide) groups is 1. The topological polar surface area (TPSA) is 42.0 Å². The van der Waals surface area contributed by atoms with Crippen LogP contribution in [0.25, 0.3) is 0 Å². The molecule has 2 aromatic rings. The van der Waals surface area contributed by atoms with E-state index in [1.54, 1.807) is 19.1 Å². The van der Waals surface area contributed by atoms with Crippen LogP contribution in [-0.2, 0) is 24.2 Å². The van der Waals surface area contributed by atoms with Crippen LogP contribution in [0.1, 0.15) is 16.7 Å². The lowest BCUT2D eigenvalue weighted by Gasteiger charge is -2.27. The number of carbonyl (C=O) groups excluding carboxylic acids is 1. The van der Waals surface area contributed by atoms with Crippen molar-refractivity contribution in [2.45, 2.75) is 19.4 Å². The summed E-state index contributed by atoms with van der Waals surface area (Å²) in [6.45, 7) is 2.28. The fraction of sp³-hybridized carbons (Fsp3) is 0.304. The number of fused-ring (bicyclic) bond motifs is 1. The first-order valence-electron chi connectivity index (χ1n) is 9.86. The number of methoxy groups -OCH3 is 2. The highest BCUT2D eigenvalue weighted by atomic mass is 32.2. The van der Waals surface area contributed by atoms with E-state index in [1.165, 1.54) is 22.9 Å². The number of rotatable bonds is 6. The second kappa shape index (κ2) is 9.10. The van der Waals surface area contributed by atoms with Crippen molar-refractivity contribution in [3.8, 4) is 11.5 Å². The van der Waals surface area contributed by atoms with Gasteiger partial charge < -0.3 is 14.4 Å². The standard InChI is InChI=1S/C23H24N2O3S2/c1-27-19-8-7-16(13-20(19)28-2)9-12-25-22(26)21(30-23(25)29)15-24-11-10-17-5-3-4-6-18(17)14-24/h3-8,13,15H,9-12,14H2,1-2H3. The second-order valence-corrected chi connectivity index (χ2v) is 8.92. The van der Waals surface area contributed by atoms with Crippen LogP contribution in [-0.4, -0.2) is 47.3 Å². The Labute approximate surface area is 186 Å². The van der Waals surface area contributed by atoms with Crippen molar-refractivity contribution in [2.24, 2.45) is 0 Å². The summed E-state index contributed by atoms with van der Waals surface area (Å²) in [5.41, 5.74) is 3.78. The monoisotopic (exact) mass is 440 g/mol. The summed E-state index contributed by atoms with van der Waals surface area (Å²) in [6.07, 6.45) is 3.66. The first-order valence-corrected chi connectivity index (χ1v) is 11.1. The van der Waals surface area contributed by atoms with E-state index in [0.717, 1.165) is 25.1 Å². The first-order chi connectivity index (χ1) is 14.6. The number of ether oxygens (including phenoxy) is 2. The predicted octanol–water partition coefficient (Wildman–Crippen LogP) is 4.01. The van der Waals surface area contributed by atoms with Gasteiger partial charge in [0.2, 0.25) is 0 Å². The summed E-state index contributed by atoms with van der Waals surface area (Å²) in [6, 6.07) is 14.3. The van der Waals surface area contributed by atoms with Crippen molar-refractivity contribution in [3.05, 3.63) is 70.3 Å². The van der Waals surface area contributed by atoms with Gasteiger partial charge in [-0.15, -0.1) is 0 Å². The molecule has 2 heterocycles. The molecule has 5 nitrogen and oxygen atoms in total. The molecule has 1 amide bonds. The summed E-state index contributed by atoms with van der Waals surface area (Å²) in [7, 11) is 3.23. The number of amides is 1. The van der Waals surface area contributed by atoms with Crippen LogP contribution in [0, 0.1) is 0 Å². The fourth-order valence-electron chi connectivity index (χ4n) is 3.75. The van der Waals surface area contributed by atoms with Crippen molar-refractivity contribution in [3.63, 3.8) is 0 Å². The van der Waals surface area contributed by atoms with Gasteiger partial charge in [0, 0.05) is 25.8 Å². The molecule has 0 saturated carbocycles.